The van der Waals surface area contributed by atoms with Crippen molar-refractivity contribution in [2.75, 3.05) is 5.32 Å². The summed E-state index contributed by atoms with van der Waals surface area (Å²) in [6.07, 6.45) is -0.545. The maximum Gasteiger partial charge on any atom is 0.338 e. The molecule has 0 aliphatic rings. The molecule has 6 nitrogen and oxygen atoms in total. The summed E-state index contributed by atoms with van der Waals surface area (Å²) >= 11 is 4.77. The number of anilines is 1. The summed E-state index contributed by atoms with van der Waals surface area (Å²) in [5, 5.41) is 2.72. The fourth-order valence-electron chi connectivity index (χ4n) is 1.64. The Morgan fingerprint density at radius 3 is 1.73 bits per heavy atom. The van der Waals surface area contributed by atoms with Gasteiger partial charge >= 0.3 is 11.9 Å². The van der Waals surface area contributed by atoms with Gasteiger partial charge in [0.05, 0.1) is 23.3 Å². The number of nitrogens with two attached hydrogens (primary N) is 1. The first-order chi connectivity index (χ1) is 10.2. The van der Waals surface area contributed by atoms with Crippen LogP contribution in [0.5, 0.6) is 0 Å². The lowest BCUT2D eigenvalue weighted by Crippen LogP contribution is -2.20. The first kappa shape index (κ1) is 17.9. The molecule has 0 aliphatic heterocycles. The molecule has 22 heavy (non-hydrogen) atoms. The molecule has 0 saturated heterocycles. The standard InChI is InChI=1S/C15H20N2O4S/c1-8(2)20-13(18)10-5-11(14(19)21-9(3)4)7-12(6-10)17-15(16)22/h5-9H,1-4H3,(H3,16,17,22). The van der Waals surface area contributed by atoms with Crippen molar-refractivity contribution in [1.29, 1.82) is 0 Å². The number of carbonyl (C=O) groups excluding carboxylic acids is 2. The molecule has 0 heterocycles. The molecule has 0 unspecified atom stereocenters. The van der Waals surface area contributed by atoms with Crippen LogP contribution in [0.15, 0.2) is 18.2 Å². The van der Waals surface area contributed by atoms with Crippen LogP contribution in [0.25, 0.3) is 0 Å². The number of thiocarbonyl (C=S) groups is 1. The molecule has 0 amide bonds. The number of hydrogen-bond donors (Lipinski definition) is 2. The third kappa shape index (κ3) is 5.69. The van der Waals surface area contributed by atoms with E-state index in [9.17, 15) is 9.59 Å². The molecule has 3 N–H and O–H groups in total. The van der Waals surface area contributed by atoms with Crippen LogP contribution in [0.1, 0.15) is 48.4 Å². The van der Waals surface area contributed by atoms with Gasteiger partial charge in [-0.3, -0.25) is 0 Å². The third-order valence-corrected chi connectivity index (χ3v) is 2.46. The van der Waals surface area contributed by atoms with Gasteiger partial charge in [0.1, 0.15) is 0 Å². The molecule has 120 valence electrons. The van der Waals surface area contributed by atoms with Crippen LogP contribution in [0, 0.1) is 0 Å². The largest absolute Gasteiger partial charge is 0.459 e. The van der Waals surface area contributed by atoms with Gasteiger partial charge in [0, 0.05) is 5.69 Å². The second kappa shape index (κ2) is 7.74. The minimum atomic E-state index is -0.541. The lowest BCUT2D eigenvalue weighted by Gasteiger charge is -2.13. The highest BCUT2D eigenvalue weighted by atomic mass is 32.1. The summed E-state index contributed by atoms with van der Waals surface area (Å²) in [5.74, 6) is -1.08. The SMILES string of the molecule is CC(C)OC(=O)c1cc(NC(N)=S)cc(C(=O)OC(C)C)c1. The van der Waals surface area contributed by atoms with Gasteiger partial charge in [0.2, 0.25) is 0 Å². The quantitative estimate of drug-likeness (QED) is 0.635. The van der Waals surface area contributed by atoms with Crippen LogP contribution < -0.4 is 11.1 Å². The Kier molecular flexibility index (Phi) is 6.30. The van der Waals surface area contributed by atoms with Crippen molar-refractivity contribution < 1.29 is 19.1 Å². The zero-order valence-corrected chi connectivity index (χ0v) is 13.8. The van der Waals surface area contributed by atoms with E-state index in [0.29, 0.717) is 5.69 Å². The smallest absolute Gasteiger partial charge is 0.338 e. The molecule has 1 aromatic rings. The second-order valence-electron chi connectivity index (χ2n) is 5.20. The lowest BCUT2D eigenvalue weighted by molar-refractivity contribution is 0.0378. The van der Waals surface area contributed by atoms with Gasteiger partial charge < -0.3 is 20.5 Å². The number of rotatable bonds is 5. The van der Waals surface area contributed by atoms with Gasteiger partial charge in [-0.25, -0.2) is 9.59 Å². The predicted molar refractivity (Wildman–Crippen MR) is 88.0 cm³/mol. The Labute approximate surface area is 135 Å². The normalized spacial score (nSPS) is 10.5. The topological polar surface area (TPSA) is 90.6 Å². The van der Waals surface area contributed by atoms with Gasteiger partial charge in [-0.15, -0.1) is 0 Å². The molecule has 0 fully saturated rings. The second-order valence-corrected chi connectivity index (χ2v) is 5.64. The van der Waals surface area contributed by atoms with E-state index in [1.54, 1.807) is 27.7 Å². The van der Waals surface area contributed by atoms with Crippen molar-refractivity contribution in [3.05, 3.63) is 29.3 Å². The third-order valence-electron chi connectivity index (χ3n) is 2.36. The van der Waals surface area contributed by atoms with E-state index < -0.39 is 11.9 Å². The van der Waals surface area contributed by atoms with Gasteiger partial charge in [-0.05, 0) is 58.1 Å². The number of ether oxygens (including phenoxy) is 2. The van der Waals surface area contributed by atoms with Crippen LogP contribution >= 0.6 is 12.2 Å². The minimum Gasteiger partial charge on any atom is -0.459 e. The molecule has 0 atom stereocenters. The number of benzene rings is 1. The van der Waals surface area contributed by atoms with E-state index >= 15 is 0 Å². The monoisotopic (exact) mass is 324 g/mol. The molecule has 7 heteroatoms. The maximum atomic E-state index is 12.0. The summed E-state index contributed by atoms with van der Waals surface area (Å²) in [6.45, 7) is 6.96. The molecular weight excluding hydrogens is 304 g/mol. The number of carbonyl (C=O) groups is 2. The highest BCUT2D eigenvalue weighted by molar-refractivity contribution is 7.80. The van der Waals surface area contributed by atoms with Crippen molar-refractivity contribution >= 4 is 35.0 Å². The van der Waals surface area contributed by atoms with E-state index in [0.717, 1.165) is 0 Å². The van der Waals surface area contributed by atoms with Crippen LogP contribution in [-0.4, -0.2) is 29.3 Å². The van der Waals surface area contributed by atoms with Crippen LogP contribution in [0.4, 0.5) is 5.69 Å². The lowest BCUT2D eigenvalue weighted by atomic mass is 10.1. The molecular formula is C15H20N2O4S. The van der Waals surface area contributed by atoms with E-state index in [-0.39, 0.29) is 28.4 Å². The van der Waals surface area contributed by atoms with Crippen molar-refractivity contribution in [3.63, 3.8) is 0 Å². The van der Waals surface area contributed by atoms with E-state index in [2.05, 4.69) is 5.32 Å². The van der Waals surface area contributed by atoms with Crippen LogP contribution in [0.3, 0.4) is 0 Å². The number of hydrogen-bond acceptors (Lipinski definition) is 5. The Morgan fingerprint density at radius 1 is 1.00 bits per heavy atom. The Morgan fingerprint density at radius 2 is 1.41 bits per heavy atom. The first-order valence-electron chi connectivity index (χ1n) is 6.82. The number of nitrogens with one attached hydrogen (secondary N) is 1. The summed E-state index contributed by atoms with van der Waals surface area (Å²) in [5.41, 5.74) is 6.27. The minimum absolute atomic E-state index is 0.0255. The van der Waals surface area contributed by atoms with Gasteiger partial charge in [-0.2, -0.15) is 0 Å². The summed E-state index contributed by atoms with van der Waals surface area (Å²) in [6, 6.07) is 4.44. The maximum absolute atomic E-state index is 12.0. The first-order valence-corrected chi connectivity index (χ1v) is 7.23. The fraction of sp³-hybridized carbons (Fsp3) is 0.400. The molecule has 0 aliphatic carbocycles. The highest BCUT2D eigenvalue weighted by Gasteiger charge is 2.17. The molecule has 0 saturated carbocycles. The van der Waals surface area contributed by atoms with E-state index in [1.165, 1.54) is 18.2 Å². The predicted octanol–water partition coefficient (Wildman–Crippen LogP) is 2.47. The van der Waals surface area contributed by atoms with Crippen LogP contribution in [-0.2, 0) is 9.47 Å². The summed E-state index contributed by atoms with van der Waals surface area (Å²) in [7, 11) is 0. The van der Waals surface area contributed by atoms with E-state index in [4.69, 9.17) is 27.4 Å². The van der Waals surface area contributed by atoms with Gasteiger partial charge in [-0.1, -0.05) is 0 Å². The van der Waals surface area contributed by atoms with Crippen molar-refractivity contribution in [2.45, 2.75) is 39.9 Å². The summed E-state index contributed by atoms with van der Waals surface area (Å²) in [4.78, 5) is 24.0. The number of esters is 2. The van der Waals surface area contributed by atoms with Gasteiger partial charge in [0.25, 0.3) is 0 Å². The fourth-order valence-corrected chi connectivity index (χ4v) is 1.76. The van der Waals surface area contributed by atoms with Crippen molar-refractivity contribution in [3.8, 4) is 0 Å². The van der Waals surface area contributed by atoms with E-state index in [1.807, 2.05) is 0 Å². The van der Waals surface area contributed by atoms with Gasteiger partial charge in [0.15, 0.2) is 5.11 Å². The molecule has 0 bridgehead atoms. The zero-order chi connectivity index (χ0) is 16.9. The Bertz CT molecular complexity index is 545. The Hall–Kier alpha value is -2.15. The van der Waals surface area contributed by atoms with Crippen molar-refractivity contribution in [1.82, 2.24) is 0 Å². The zero-order valence-electron chi connectivity index (χ0n) is 13.0. The molecule has 1 rings (SSSR count). The molecule has 0 spiro atoms. The summed E-state index contributed by atoms with van der Waals surface area (Å²) < 4.78 is 10.3. The van der Waals surface area contributed by atoms with Crippen LogP contribution in [0.2, 0.25) is 0 Å². The average molecular weight is 324 g/mol. The van der Waals surface area contributed by atoms with Crippen molar-refractivity contribution in [2.24, 2.45) is 5.73 Å². The Balaban J connectivity index is 3.18. The molecule has 0 aromatic heterocycles. The molecule has 1 aromatic carbocycles. The highest BCUT2D eigenvalue weighted by Crippen LogP contribution is 2.18. The average Bonchev–Trinajstić information content (AvgIpc) is 2.35. The molecule has 0 radical (unpaired) electrons.